The van der Waals surface area contributed by atoms with E-state index in [-0.39, 0.29) is 5.91 Å². The molecule has 0 radical (unpaired) electrons. The fourth-order valence-corrected chi connectivity index (χ4v) is 0.315. The summed E-state index contributed by atoms with van der Waals surface area (Å²) in [4.78, 5) is 13.4. The van der Waals surface area contributed by atoms with E-state index in [4.69, 9.17) is 0 Å². The predicted octanol–water partition coefficient (Wildman–Crippen LogP) is 1.19. The third-order valence-electron chi connectivity index (χ3n) is 0.465. The van der Waals surface area contributed by atoms with Gasteiger partial charge in [0.2, 0.25) is 0 Å². The summed E-state index contributed by atoms with van der Waals surface area (Å²) in [6, 6.07) is 0. The highest BCUT2D eigenvalue weighted by Crippen LogP contribution is 1.74. The molecule has 0 bridgehead atoms. The van der Waals surface area contributed by atoms with E-state index in [1.165, 1.54) is 6.08 Å². The number of amides is 1. The van der Waals surface area contributed by atoms with Crippen molar-refractivity contribution in [3.8, 4) is 0 Å². The van der Waals surface area contributed by atoms with Crippen LogP contribution in [0.25, 0.3) is 0 Å². The van der Waals surface area contributed by atoms with E-state index in [0.29, 0.717) is 0 Å². The van der Waals surface area contributed by atoms with Crippen LogP contribution in [0.5, 0.6) is 0 Å². The normalized spacial score (nSPS) is 8.62. The van der Waals surface area contributed by atoms with E-state index in [0.717, 1.165) is 0 Å². The highest BCUT2D eigenvalue weighted by molar-refractivity contribution is 7.78. The molecule has 0 aromatic rings. The van der Waals surface area contributed by atoms with Gasteiger partial charge < -0.3 is 0 Å². The largest absolute Gasteiger partial charge is 0.278 e. The molecule has 0 rings (SSSR count). The fourth-order valence-electron chi connectivity index (χ4n) is 0.225. The number of thiocarbonyl (C=S) groups is 1. The Morgan fingerprint density at radius 3 is 2.88 bits per heavy atom. The third kappa shape index (κ3) is 3.40. The second-order valence-corrected chi connectivity index (χ2v) is 1.22. The Kier molecular flexibility index (Phi) is 3.94. The monoisotopic (exact) mass is 127 g/mol. The summed E-state index contributed by atoms with van der Waals surface area (Å²) in [6.07, 6.45) is 2.91. The van der Waals surface area contributed by atoms with E-state index < -0.39 is 0 Å². The van der Waals surface area contributed by atoms with Gasteiger partial charge >= 0.3 is 0 Å². The van der Waals surface area contributed by atoms with Crippen LogP contribution in [0, 0.1) is 0 Å². The minimum atomic E-state index is -0.359. The molecule has 0 N–H and O–H groups in total. The Balaban J connectivity index is 3.84. The number of hydrogen-bond donors (Lipinski definition) is 0. The number of allylic oxidation sites excluding steroid dienone is 1. The van der Waals surface area contributed by atoms with Crippen LogP contribution in [-0.4, -0.2) is 11.1 Å². The molecular weight excluding hydrogens is 122 g/mol. The maximum absolute atomic E-state index is 10.3. The molecule has 0 aromatic heterocycles. The van der Waals surface area contributed by atoms with Gasteiger partial charge in [0.1, 0.15) is 0 Å². The van der Waals surface area contributed by atoms with Crippen LogP contribution in [0.1, 0.15) is 6.92 Å². The average Bonchev–Trinajstić information content (AvgIpc) is 1.68. The maximum atomic E-state index is 10.3. The summed E-state index contributed by atoms with van der Waals surface area (Å²) < 4.78 is 0. The Bertz CT molecular complexity index is 156. The van der Waals surface area contributed by atoms with Crippen LogP contribution >= 0.6 is 12.2 Å². The Hall–Kier alpha value is -0.790. The zero-order valence-electron chi connectivity index (χ0n) is 4.42. The highest BCUT2D eigenvalue weighted by atomic mass is 32.1. The standard InChI is InChI=1S/C5H5NOS/c1-2-3-5(7)6-4-8/h2-3H,1H3/b3-2-. The minimum Gasteiger partial charge on any atom is -0.267 e. The van der Waals surface area contributed by atoms with Gasteiger partial charge in [0.25, 0.3) is 5.91 Å². The summed E-state index contributed by atoms with van der Waals surface area (Å²) in [7, 11) is 0. The van der Waals surface area contributed by atoms with Gasteiger partial charge in [-0.05, 0) is 19.1 Å². The van der Waals surface area contributed by atoms with Crippen molar-refractivity contribution in [3.63, 3.8) is 0 Å². The second kappa shape index (κ2) is 4.37. The van der Waals surface area contributed by atoms with Gasteiger partial charge in [-0.3, -0.25) is 4.79 Å². The number of aliphatic imine (C=N–C) groups is 1. The molecule has 0 saturated heterocycles. The number of carbonyl (C=O) groups excluding carboxylic acids is 1. The van der Waals surface area contributed by atoms with Crippen molar-refractivity contribution in [1.29, 1.82) is 0 Å². The van der Waals surface area contributed by atoms with Gasteiger partial charge in [-0.1, -0.05) is 6.08 Å². The van der Waals surface area contributed by atoms with Crippen LogP contribution in [0.2, 0.25) is 0 Å². The van der Waals surface area contributed by atoms with Crippen molar-refractivity contribution >= 4 is 23.3 Å². The lowest BCUT2D eigenvalue weighted by atomic mass is 10.5. The lowest BCUT2D eigenvalue weighted by molar-refractivity contribution is -0.113. The number of isothiocyanates is 1. The van der Waals surface area contributed by atoms with Crippen molar-refractivity contribution < 1.29 is 4.79 Å². The summed E-state index contributed by atoms with van der Waals surface area (Å²) in [5.74, 6) is -0.359. The van der Waals surface area contributed by atoms with Crippen molar-refractivity contribution in [3.05, 3.63) is 12.2 Å². The average molecular weight is 127 g/mol. The molecule has 0 aliphatic carbocycles. The summed E-state index contributed by atoms with van der Waals surface area (Å²) in [6.45, 7) is 1.73. The maximum Gasteiger partial charge on any atom is 0.278 e. The number of hydrogen-bond acceptors (Lipinski definition) is 2. The van der Waals surface area contributed by atoms with Crippen molar-refractivity contribution in [1.82, 2.24) is 0 Å². The SMILES string of the molecule is C/C=C\C(=O)N=C=S. The zero-order chi connectivity index (χ0) is 6.41. The van der Waals surface area contributed by atoms with E-state index in [1.54, 1.807) is 13.0 Å². The first kappa shape index (κ1) is 7.21. The first-order valence-corrected chi connectivity index (χ1v) is 2.46. The lowest BCUT2D eigenvalue weighted by Crippen LogP contribution is -1.81. The molecule has 0 aliphatic rings. The quantitative estimate of drug-likeness (QED) is 0.301. The Labute approximate surface area is 52.9 Å². The molecule has 0 heterocycles. The van der Waals surface area contributed by atoms with Crippen molar-refractivity contribution in [2.24, 2.45) is 4.99 Å². The van der Waals surface area contributed by atoms with Gasteiger partial charge in [0, 0.05) is 6.08 Å². The molecule has 0 aromatic carbocycles. The molecule has 2 nitrogen and oxygen atoms in total. The van der Waals surface area contributed by atoms with Crippen molar-refractivity contribution in [2.75, 3.05) is 0 Å². The van der Waals surface area contributed by atoms with Crippen LogP contribution in [-0.2, 0) is 4.79 Å². The molecule has 0 aliphatic heterocycles. The molecule has 0 atom stereocenters. The van der Waals surface area contributed by atoms with E-state index in [1.807, 2.05) is 5.16 Å². The van der Waals surface area contributed by atoms with Crippen LogP contribution in [0.15, 0.2) is 17.1 Å². The van der Waals surface area contributed by atoms with E-state index >= 15 is 0 Å². The lowest BCUT2D eigenvalue weighted by Gasteiger charge is -1.71. The van der Waals surface area contributed by atoms with E-state index in [2.05, 4.69) is 17.2 Å². The van der Waals surface area contributed by atoms with Crippen LogP contribution in [0.4, 0.5) is 0 Å². The molecule has 8 heavy (non-hydrogen) atoms. The number of rotatable bonds is 1. The molecule has 3 heteroatoms. The summed E-state index contributed by atoms with van der Waals surface area (Å²) in [5, 5.41) is 1.96. The molecule has 0 unspecified atom stereocenters. The summed E-state index contributed by atoms with van der Waals surface area (Å²) >= 11 is 4.17. The highest BCUT2D eigenvalue weighted by Gasteiger charge is 1.82. The Morgan fingerprint density at radius 2 is 2.50 bits per heavy atom. The van der Waals surface area contributed by atoms with Crippen molar-refractivity contribution in [2.45, 2.75) is 6.92 Å². The number of nitrogens with zero attached hydrogens (tertiary/aromatic N) is 1. The molecule has 0 fully saturated rings. The Morgan fingerprint density at radius 1 is 1.88 bits per heavy atom. The van der Waals surface area contributed by atoms with E-state index in [9.17, 15) is 4.79 Å². The summed E-state index contributed by atoms with van der Waals surface area (Å²) in [5.41, 5.74) is 0. The van der Waals surface area contributed by atoms with Gasteiger partial charge in [0.15, 0.2) is 0 Å². The van der Waals surface area contributed by atoms with Gasteiger partial charge in [0.05, 0.1) is 5.16 Å². The number of carbonyl (C=O) groups is 1. The zero-order valence-corrected chi connectivity index (χ0v) is 5.23. The molecular formula is C5H5NOS. The first-order chi connectivity index (χ1) is 3.81. The topological polar surface area (TPSA) is 29.4 Å². The second-order valence-electron chi connectivity index (χ2n) is 1.04. The van der Waals surface area contributed by atoms with Crippen LogP contribution in [0.3, 0.4) is 0 Å². The minimum absolute atomic E-state index is 0.359. The predicted molar refractivity (Wildman–Crippen MR) is 34.8 cm³/mol. The molecule has 42 valence electrons. The third-order valence-corrected chi connectivity index (χ3v) is 0.556. The van der Waals surface area contributed by atoms with Gasteiger partial charge in [-0.25, -0.2) is 0 Å². The smallest absolute Gasteiger partial charge is 0.267 e. The fraction of sp³-hybridized carbons (Fsp3) is 0.200. The van der Waals surface area contributed by atoms with Gasteiger partial charge in [-0.15, -0.1) is 0 Å². The molecule has 0 saturated carbocycles. The first-order valence-electron chi connectivity index (χ1n) is 2.05. The van der Waals surface area contributed by atoms with Crippen LogP contribution < -0.4 is 0 Å². The molecule has 1 amide bonds. The van der Waals surface area contributed by atoms with Gasteiger partial charge in [-0.2, -0.15) is 4.99 Å². The molecule has 0 spiro atoms.